The standard InChI is InChI=1S/C72H59N5O17S2/c1-85-38-32-55(88-4)67(56(33-38)89-5)64-47-26-24-45(73-47)63(43-18-14-16-41-42-17-15-19-44(71(42)94-70(41)43)72(78)77(53-20-10-12-22-61(53)95(79,80)81)54-21-11-13-23-62(54)96(82,83)84)46-25-27-48(74-46)65(68-57(90-6)34-39(86-2)35-58(68)91-7)50-29-31-52(76-50)66(51-30-28-49(64)75-51)69-59(92-8)36-40(87-3)37-60(69)93-9/h10-37,73,76H,1-9H3,(H,79,80,81)(H,82,83,84). The maximum absolute atomic E-state index is 15.7. The molecule has 96 heavy (non-hydrogen) atoms. The minimum Gasteiger partial charge on any atom is -0.496 e. The fourth-order valence-electron chi connectivity index (χ4n) is 12.4. The minimum absolute atomic E-state index is 0.00563. The number of ether oxygens (including phenoxy) is 9. The van der Waals surface area contributed by atoms with Gasteiger partial charge in [0.25, 0.3) is 26.1 Å². The number of H-pyrrole nitrogens is 2. The summed E-state index contributed by atoms with van der Waals surface area (Å²) in [6.45, 7) is 0. The van der Waals surface area contributed by atoms with Gasteiger partial charge in [-0.15, -0.1) is 0 Å². The van der Waals surface area contributed by atoms with Crippen molar-refractivity contribution in [2.75, 3.05) is 68.9 Å². The van der Waals surface area contributed by atoms with Gasteiger partial charge in [-0.25, -0.2) is 9.97 Å². The molecule has 7 aromatic carbocycles. The number of nitrogens with zero attached hydrogens (tertiary/aromatic N) is 3. The molecule has 8 bridgehead atoms. The van der Waals surface area contributed by atoms with Crippen LogP contribution in [0.2, 0.25) is 0 Å². The second-order valence-electron chi connectivity index (χ2n) is 21.7. The number of anilines is 2. The van der Waals surface area contributed by atoms with Gasteiger partial charge >= 0.3 is 0 Å². The van der Waals surface area contributed by atoms with Crippen LogP contribution in [0.3, 0.4) is 0 Å². The van der Waals surface area contributed by atoms with Gasteiger partial charge in [-0.2, -0.15) is 16.8 Å². The lowest BCUT2D eigenvalue weighted by atomic mass is 10.00. The molecule has 0 fully saturated rings. The van der Waals surface area contributed by atoms with Crippen LogP contribution in [-0.2, 0) is 20.2 Å². The molecule has 2 aliphatic rings. The van der Waals surface area contributed by atoms with Crippen molar-refractivity contribution in [1.82, 2.24) is 19.9 Å². The number of fused-ring (bicyclic) bond motifs is 11. The number of hydrogen-bond donors (Lipinski definition) is 4. The largest absolute Gasteiger partial charge is 0.496 e. The summed E-state index contributed by atoms with van der Waals surface area (Å²) >= 11 is 0. The minimum atomic E-state index is -5.08. The maximum Gasteiger partial charge on any atom is 0.296 e. The van der Waals surface area contributed by atoms with Crippen LogP contribution in [0.25, 0.3) is 113 Å². The number of para-hydroxylation sites is 4. The van der Waals surface area contributed by atoms with Crippen molar-refractivity contribution in [3.8, 4) is 96.3 Å². The topological polar surface area (TPSA) is 283 Å². The SMILES string of the molecule is COc1cc(OC)c(-c2c3nc(c(-c4c(OC)cc(OC)cc4OC)c4ccc([nH]4)c(-c4cccc5c4oc4c(C(=O)N(c6ccccc6S(=O)(=O)O)c6ccccc6S(=O)(=O)O)cccc45)c4nc(c(-c5c(OC)cc(OC)cc5OC)c5ccc2[nH]5)C=C4)C=C3)c(OC)c1. The summed E-state index contributed by atoms with van der Waals surface area (Å²) < 4.78 is 135. The number of aromatic nitrogens is 4. The molecule has 4 N–H and O–H groups in total. The first-order chi connectivity index (χ1) is 46.4. The number of amides is 1. The molecule has 486 valence electrons. The molecule has 0 radical (unpaired) electrons. The average Bonchev–Trinajstić information content (AvgIpc) is 1.54. The highest BCUT2D eigenvalue weighted by Gasteiger charge is 2.34. The van der Waals surface area contributed by atoms with Gasteiger partial charge in [0, 0.05) is 97.1 Å². The van der Waals surface area contributed by atoms with Crippen LogP contribution in [0.5, 0.6) is 51.7 Å². The lowest BCUT2D eigenvalue weighted by Gasteiger charge is -2.26. The number of rotatable bonds is 18. The lowest BCUT2D eigenvalue weighted by Crippen LogP contribution is -2.29. The third-order valence-electron chi connectivity index (χ3n) is 16.6. The zero-order valence-electron chi connectivity index (χ0n) is 52.8. The number of benzene rings is 7. The number of aromatic amines is 2. The Labute approximate surface area is 549 Å². The number of carbonyl (C=O) groups is 1. The molecule has 0 saturated heterocycles. The Kier molecular flexibility index (Phi) is 16.5. The van der Waals surface area contributed by atoms with E-state index in [1.54, 1.807) is 113 Å². The summed E-state index contributed by atoms with van der Waals surface area (Å²) in [7, 11) is 3.78. The molecule has 6 heterocycles. The fraction of sp³-hybridized carbons (Fsp3) is 0.125. The van der Waals surface area contributed by atoms with Crippen molar-refractivity contribution in [2.45, 2.75) is 9.79 Å². The first-order valence-electron chi connectivity index (χ1n) is 29.4. The quantitative estimate of drug-likeness (QED) is 0.0581. The van der Waals surface area contributed by atoms with Crippen molar-refractivity contribution < 1.29 is 77.8 Å². The normalized spacial score (nSPS) is 12.0. The van der Waals surface area contributed by atoms with Crippen molar-refractivity contribution in [2.24, 2.45) is 0 Å². The summed E-state index contributed by atoms with van der Waals surface area (Å²) in [5, 5.41) is 0.939. The zero-order chi connectivity index (χ0) is 67.5. The summed E-state index contributed by atoms with van der Waals surface area (Å²) in [5.41, 5.74) is 7.29. The van der Waals surface area contributed by atoms with Crippen LogP contribution in [-0.4, -0.2) is 116 Å². The van der Waals surface area contributed by atoms with Crippen LogP contribution in [0.4, 0.5) is 11.4 Å². The molecule has 24 heteroatoms. The maximum atomic E-state index is 15.7. The Hall–Kier alpha value is -11.6. The molecule has 22 nitrogen and oxygen atoms in total. The van der Waals surface area contributed by atoms with Crippen LogP contribution >= 0.6 is 0 Å². The second kappa shape index (κ2) is 25.1. The van der Waals surface area contributed by atoms with Crippen LogP contribution < -0.4 is 47.5 Å². The smallest absolute Gasteiger partial charge is 0.296 e. The first kappa shape index (κ1) is 63.2. The van der Waals surface area contributed by atoms with E-state index >= 15 is 4.79 Å². The molecule has 11 aromatic rings. The number of methoxy groups -OCH3 is 9. The number of nitrogens with one attached hydrogen (secondary N) is 2. The van der Waals surface area contributed by atoms with Crippen molar-refractivity contribution in [1.29, 1.82) is 0 Å². The van der Waals surface area contributed by atoms with E-state index in [4.69, 9.17) is 57.0 Å². The second-order valence-corrected chi connectivity index (χ2v) is 24.5. The summed E-state index contributed by atoms with van der Waals surface area (Å²) in [6.07, 6.45) is 7.50. The van der Waals surface area contributed by atoms with Gasteiger partial charge in [0.05, 0.1) is 120 Å². The molecule has 1 amide bonds. The molecule has 0 unspecified atom stereocenters. The van der Waals surface area contributed by atoms with E-state index in [2.05, 4.69) is 9.97 Å². The Morgan fingerprint density at radius 3 is 1.08 bits per heavy atom. The highest BCUT2D eigenvalue weighted by Crippen LogP contribution is 2.51. The molecule has 4 aromatic heterocycles. The third-order valence-corrected chi connectivity index (χ3v) is 18.4. The zero-order valence-corrected chi connectivity index (χ0v) is 54.5. The van der Waals surface area contributed by atoms with Gasteiger partial charge < -0.3 is 57.0 Å². The molecule has 13 rings (SSSR count). The summed E-state index contributed by atoms with van der Waals surface area (Å²) in [5.74, 6) is 2.74. The molecule has 0 atom stereocenters. The predicted octanol–water partition coefficient (Wildman–Crippen LogP) is 14.8. The summed E-state index contributed by atoms with van der Waals surface area (Å²) in [4.78, 5) is 33.6. The Morgan fingerprint density at radius 2 is 0.729 bits per heavy atom. The van der Waals surface area contributed by atoms with E-state index in [1.165, 1.54) is 42.5 Å². The summed E-state index contributed by atoms with van der Waals surface area (Å²) in [6, 6.07) is 38.4. The fourth-order valence-corrected chi connectivity index (χ4v) is 13.8. The van der Waals surface area contributed by atoms with Gasteiger partial charge in [-0.3, -0.25) is 18.8 Å². The first-order valence-corrected chi connectivity index (χ1v) is 32.3. The van der Waals surface area contributed by atoms with Crippen molar-refractivity contribution >= 4 is 106 Å². The van der Waals surface area contributed by atoms with E-state index in [1.807, 2.05) is 66.8 Å². The Bertz CT molecular complexity index is 5310. The van der Waals surface area contributed by atoms with Crippen molar-refractivity contribution in [3.63, 3.8) is 0 Å². The number of furan rings is 1. The monoisotopic (exact) mass is 1330 g/mol. The molecule has 0 spiro atoms. The van der Waals surface area contributed by atoms with Gasteiger partial charge in [-0.1, -0.05) is 54.6 Å². The van der Waals surface area contributed by atoms with E-state index in [0.29, 0.717) is 152 Å². The average molecular weight is 1330 g/mol. The molecular weight excluding hydrogens is 1270 g/mol. The van der Waals surface area contributed by atoms with E-state index in [-0.39, 0.29) is 16.7 Å². The third kappa shape index (κ3) is 10.9. The van der Waals surface area contributed by atoms with E-state index in [0.717, 1.165) is 17.0 Å². The molecule has 0 aliphatic carbocycles. The Balaban J connectivity index is 1.18. The lowest BCUT2D eigenvalue weighted by molar-refractivity contribution is 0.0999. The van der Waals surface area contributed by atoms with Gasteiger partial charge in [-0.05, 0) is 78.9 Å². The highest BCUT2D eigenvalue weighted by atomic mass is 32.2. The van der Waals surface area contributed by atoms with Gasteiger partial charge in [0.1, 0.15) is 72.7 Å². The van der Waals surface area contributed by atoms with E-state index in [9.17, 15) is 25.9 Å². The van der Waals surface area contributed by atoms with Crippen LogP contribution in [0.1, 0.15) is 33.1 Å². The number of carbonyl (C=O) groups excluding carboxylic acids is 1. The molecule has 0 saturated carbocycles. The predicted molar refractivity (Wildman–Crippen MR) is 366 cm³/mol. The van der Waals surface area contributed by atoms with Gasteiger partial charge in [0.2, 0.25) is 0 Å². The van der Waals surface area contributed by atoms with Crippen LogP contribution in [0.15, 0.2) is 160 Å². The van der Waals surface area contributed by atoms with E-state index < -0.39 is 47.3 Å². The van der Waals surface area contributed by atoms with Crippen molar-refractivity contribution in [3.05, 3.63) is 174 Å². The van der Waals surface area contributed by atoms with Crippen LogP contribution in [0, 0.1) is 0 Å². The highest BCUT2D eigenvalue weighted by molar-refractivity contribution is 7.86. The molecular formula is C72H59N5O17S2. The Morgan fingerprint density at radius 1 is 0.396 bits per heavy atom. The number of hydrogen-bond acceptors (Lipinski definition) is 17. The molecule has 2 aliphatic heterocycles. The van der Waals surface area contributed by atoms with Gasteiger partial charge in [0.15, 0.2) is 0 Å².